The van der Waals surface area contributed by atoms with E-state index in [1.54, 1.807) is 12.1 Å². The summed E-state index contributed by atoms with van der Waals surface area (Å²) < 4.78 is 79.6. The minimum Gasteiger partial charge on any atom is -0.325 e. The fourth-order valence-corrected chi connectivity index (χ4v) is 3.41. The molecule has 2 N–H and O–H groups in total. The van der Waals surface area contributed by atoms with Crippen molar-refractivity contribution >= 4 is 11.7 Å². The quantitative estimate of drug-likeness (QED) is 0.423. The number of aromatic nitrogens is 1. The summed E-state index contributed by atoms with van der Waals surface area (Å²) >= 11 is 0. The van der Waals surface area contributed by atoms with Gasteiger partial charge in [0, 0.05) is 11.9 Å². The summed E-state index contributed by atoms with van der Waals surface area (Å²) in [5, 5.41) is 4.96. The van der Waals surface area contributed by atoms with Crippen LogP contribution in [-0.2, 0) is 12.4 Å². The third-order valence-corrected chi connectivity index (χ3v) is 4.74. The van der Waals surface area contributed by atoms with Crippen LogP contribution in [0.1, 0.15) is 39.6 Å². The van der Waals surface area contributed by atoms with Crippen LogP contribution in [0.5, 0.6) is 0 Å². The number of halogens is 6. The van der Waals surface area contributed by atoms with E-state index in [1.807, 2.05) is 19.9 Å². The fourth-order valence-electron chi connectivity index (χ4n) is 3.41. The molecule has 0 radical (unpaired) electrons. The van der Waals surface area contributed by atoms with Gasteiger partial charge in [-0.2, -0.15) is 26.3 Å². The number of anilines is 1. The Bertz CT molecular complexity index is 1120. The zero-order valence-electron chi connectivity index (χ0n) is 17.5. The van der Waals surface area contributed by atoms with Gasteiger partial charge >= 0.3 is 18.4 Å². The molecule has 0 saturated carbocycles. The zero-order valence-corrected chi connectivity index (χ0v) is 17.5. The van der Waals surface area contributed by atoms with Crippen molar-refractivity contribution in [2.75, 3.05) is 5.32 Å². The molecule has 0 aliphatic carbocycles. The first-order valence-electron chi connectivity index (χ1n) is 9.69. The zero-order chi connectivity index (χ0) is 24.4. The van der Waals surface area contributed by atoms with Gasteiger partial charge in [0.05, 0.1) is 22.9 Å². The summed E-state index contributed by atoms with van der Waals surface area (Å²) in [4.78, 5) is 16.5. The van der Waals surface area contributed by atoms with Crippen LogP contribution in [0.2, 0.25) is 0 Å². The molecule has 1 heterocycles. The van der Waals surface area contributed by atoms with Gasteiger partial charge in [0.1, 0.15) is 0 Å². The van der Waals surface area contributed by atoms with Crippen molar-refractivity contribution in [1.29, 1.82) is 0 Å². The van der Waals surface area contributed by atoms with Crippen LogP contribution < -0.4 is 10.6 Å². The smallest absolute Gasteiger partial charge is 0.325 e. The Kier molecular flexibility index (Phi) is 6.66. The second-order valence-electron chi connectivity index (χ2n) is 7.46. The van der Waals surface area contributed by atoms with E-state index in [1.165, 1.54) is 0 Å². The van der Waals surface area contributed by atoms with Gasteiger partial charge in [-0.1, -0.05) is 18.2 Å². The lowest BCUT2D eigenvalue weighted by Gasteiger charge is -2.23. The minimum atomic E-state index is -4.79. The number of carbonyl (C=O) groups excluding carboxylic acids is 1. The van der Waals surface area contributed by atoms with Crippen LogP contribution >= 0.6 is 0 Å². The number of aryl methyl sites for hydroxylation is 2. The number of rotatable bonds is 4. The number of amides is 2. The van der Waals surface area contributed by atoms with Crippen LogP contribution in [0.3, 0.4) is 0 Å². The Morgan fingerprint density at radius 1 is 0.879 bits per heavy atom. The molecular formula is C23H19F6N3O. The summed E-state index contributed by atoms with van der Waals surface area (Å²) in [6, 6.07) is 8.29. The van der Waals surface area contributed by atoms with Gasteiger partial charge < -0.3 is 10.6 Å². The first-order valence-corrected chi connectivity index (χ1v) is 9.69. The highest BCUT2D eigenvalue weighted by atomic mass is 19.4. The molecule has 0 bridgehead atoms. The second-order valence-corrected chi connectivity index (χ2v) is 7.46. The predicted molar refractivity (Wildman–Crippen MR) is 111 cm³/mol. The number of pyridine rings is 1. The maximum Gasteiger partial charge on any atom is 0.418 e. The molecule has 3 rings (SSSR count). The van der Waals surface area contributed by atoms with E-state index in [2.05, 4.69) is 15.6 Å². The number of alkyl halides is 6. The van der Waals surface area contributed by atoms with E-state index >= 15 is 0 Å². The minimum absolute atomic E-state index is 0.00257. The van der Waals surface area contributed by atoms with Crippen molar-refractivity contribution in [2.45, 2.75) is 32.2 Å². The fraction of sp³-hybridized carbons (Fsp3) is 0.217. The second kappa shape index (κ2) is 9.13. The van der Waals surface area contributed by atoms with Gasteiger partial charge in [0.2, 0.25) is 0 Å². The molecule has 2 aromatic carbocycles. The number of hydrogen-bond acceptors (Lipinski definition) is 2. The Morgan fingerprint density at radius 3 is 2.03 bits per heavy atom. The molecule has 174 valence electrons. The molecule has 0 aliphatic rings. The molecule has 4 nitrogen and oxygen atoms in total. The highest BCUT2D eigenvalue weighted by Gasteiger charge is 2.37. The molecular weight excluding hydrogens is 448 g/mol. The lowest BCUT2D eigenvalue weighted by Crippen LogP contribution is -2.35. The van der Waals surface area contributed by atoms with Gasteiger partial charge in [-0.3, -0.25) is 4.98 Å². The van der Waals surface area contributed by atoms with Crippen LogP contribution in [0.15, 0.2) is 60.8 Å². The number of hydrogen-bond donors (Lipinski definition) is 2. The van der Waals surface area contributed by atoms with Gasteiger partial charge in [-0.25, -0.2) is 4.79 Å². The predicted octanol–water partition coefficient (Wildman–Crippen LogP) is 6.65. The van der Waals surface area contributed by atoms with Gasteiger partial charge in [-0.15, -0.1) is 0 Å². The van der Waals surface area contributed by atoms with E-state index in [0.717, 1.165) is 53.7 Å². The van der Waals surface area contributed by atoms with E-state index in [4.69, 9.17) is 0 Å². The number of carbonyl (C=O) groups is 1. The average molecular weight is 467 g/mol. The molecule has 1 unspecified atom stereocenters. The molecule has 0 aliphatic heterocycles. The summed E-state index contributed by atoms with van der Waals surface area (Å²) in [6.45, 7) is 3.62. The van der Waals surface area contributed by atoms with E-state index < -0.39 is 41.2 Å². The SMILES string of the molecule is Cc1cc(C)cc(NC(=O)NC(c2ccc(C(F)(F)F)cc2)c2ncccc2C(F)(F)F)c1. The molecule has 2 amide bonds. The normalized spacial score (nSPS) is 12.8. The number of nitrogens with one attached hydrogen (secondary N) is 2. The van der Waals surface area contributed by atoms with Crippen LogP contribution in [-0.4, -0.2) is 11.0 Å². The van der Waals surface area contributed by atoms with Crippen molar-refractivity contribution < 1.29 is 31.1 Å². The lowest BCUT2D eigenvalue weighted by atomic mass is 9.98. The molecule has 3 aromatic rings. The van der Waals surface area contributed by atoms with Gasteiger partial charge in [0.25, 0.3) is 0 Å². The van der Waals surface area contributed by atoms with Crippen molar-refractivity contribution in [1.82, 2.24) is 10.3 Å². The molecule has 10 heteroatoms. The van der Waals surface area contributed by atoms with Gasteiger partial charge in [-0.05, 0) is 66.9 Å². The Balaban J connectivity index is 2.00. The highest BCUT2D eigenvalue weighted by molar-refractivity contribution is 5.90. The first-order chi connectivity index (χ1) is 15.3. The third kappa shape index (κ3) is 6.03. The molecule has 0 spiro atoms. The molecule has 33 heavy (non-hydrogen) atoms. The molecule has 0 saturated heterocycles. The van der Waals surface area contributed by atoms with E-state index in [-0.39, 0.29) is 5.56 Å². The summed E-state index contributed by atoms with van der Waals surface area (Å²) in [5.74, 6) is 0. The summed E-state index contributed by atoms with van der Waals surface area (Å²) in [7, 11) is 0. The number of urea groups is 1. The van der Waals surface area contributed by atoms with Crippen molar-refractivity contribution in [3.8, 4) is 0 Å². The van der Waals surface area contributed by atoms with Crippen molar-refractivity contribution in [3.63, 3.8) is 0 Å². The summed E-state index contributed by atoms with van der Waals surface area (Å²) in [5.41, 5.74) is -0.498. The maximum absolute atomic E-state index is 13.6. The Labute approximate surface area is 185 Å². The van der Waals surface area contributed by atoms with Crippen molar-refractivity contribution in [3.05, 3.63) is 94.3 Å². The van der Waals surface area contributed by atoms with Crippen LogP contribution in [0.4, 0.5) is 36.8 Å². The lowest BCUT2D eigenvalue weighted by molar-refractivity contribution is -0.139. The van der Waals surface area contributed by atoms with Crippen LogP contribution in [0, 0.1) is 13.8 Å². The maximum atomic E-state index is 13.6. The average Bonchev–Trinajstić information content (AvgIpc) is 2.70. The monoisotopic (exact) mass is 467 g/mol. The number of benzene rings is 2. The molecule has 1 atom stereocenters. The van der Waals surface area contributed by atoms with Crippen LogP contribution in [0.25, 0.3) is 0 Å². The standard InChI is InChI=1S/C23H19F6N3O/c1-13-10-14(2)12-17(11-13)31-21(33)32-19(15-5-7-16(8-6-15)22(24,25)26)20-18(23(27,28)29)4-3-9-30-20/h3-12,19H,1-2H3,(H2,31,32,33). The topological polar surface area (TPSA) is 54.0 Å². The first kappa shape index (κ1) is 24.1. The van der Waals surface area contributed by atoms with E-state index in [0.29, 0.717) is 5.69 Å². The Hall–Kier alpha value is -3.56. The molecule has 1 aromatic heterocycles. The third-order valence-electron chi connectivity index (χ3n) is 4.74. The van der Waals surface area contributed by atoms with E-state index in [9.17, 15) is 31.1 Å². The van der Waals surface area contributed by atoms with Crippen molar-refractivity contribution in [2.24, 2.45) is 0 Å². The highest BCUT2D eigenvalue weighted by Crippen LogP contribution is 2.36. The number of nitrogens with zero attached hydrogens (tertiary/aromatic N) is 1. The molecule has 0 fully saturated rings. The summed E-state index contributed by atoms with van der Waals surface area (Å²) in [6.07, 6.45) is -8.30. The largest absolute Gasteiger partial charge is 0.418 e. The Morgan fingerprint density at radius 2 is 1.48 bits per heavy atom. The van der Waals surface area contributed by atoms with Gasteiger partial charge in [0.15, 0.2) is 0 Å².